The van der Waals surface area contributed by atoms with E-state index < -0.39 is 37.3 Å². The van der Waals surface area contributed by atoms with Crippen molar-refractivity contribution >= 4 is 38.4 Å². The summed E-state index contributed by atoms with van der Waals surface area (Å²) in [7, 11) is 0. The minimum Gasteiger partial charge on any atom is -0.460 e. The Bertz CT molecular complexity index is 708. The third-order valence-electron chi connectivity index (χ3n) is 3.78. The van der Waals surface area contributed by atoms with Gasteiger partial charge >= 0.3 is 0 Å². The van der Waals surface area contributed by atoms with Crippen molar-refractivity contribution in [1.82, 2.24) is 4.98 Å². The number of H-pyrrole nitrogens is 1. The second kappa shape index (κ2) is 6.56. The van der Waals surface area contributed by atoms with Gasteiger partial charge in [0, 0.05) is 16.1 Å². The number of hydrogen-bond acceptors (Lipinski definition) is 6. The smallest absolute Gasteiger partial charge is 0.229 e. The molecule has 0 unspecified atom stereocenters. The van der Waals surface area contributed by atoms with Crippen LogP contribution in [0.15, 0.2) is 22.8 Å². The Morgan fingerprint density at radius 1 is 1.22 bits per heavy atom. The standard InChI is InChI=1S/C14H15BrClNO6/c15-6-1-5-8(2-7(6)16)17-3-9(5)22-14-13(21)12(20)11(19)10(4-18)23-14/h1-3,10-14,17-21H,4H2/t10-,11-,12+,13+,14-/m0/s1. The second-order valence-corrected chi connectivity index (χ2v) is 6.54. The molecule has 9 heteroatoms. The first kappa shape index (κ1) is 17.0. The molecule has 7 nitrogen and oxygen atoms in total. The van der Waals surface area contributed by atoms with Gasteiger partial charge in [-0.25, -0.2) is 0 Å². The molecule has 126 valence electrons. The van der Waals surface area contributed by atoms with E-state index in [1.165, 1.54) is 0 Å². The zero-order chi connectivity index (χ0) is 16.7. The summed E-state index contributed by atoms with van der Waals surface area (Å²) in [5.74, 6) is 0.377. The quantitative estimate of drug-likeness (QED) is 0.512. The zero-order valence-electron chi connectivity index (χ0n) is 11.7. The van der Waals surface area contributed by atoms with Crippen LogP contribution in [0.25, 0.3) is 10.9 Å². The van der Waals surface area contributed by atoms with Crippen molar-refractivity contribution in [2.45, 2.75) is 30.7 Å². The summed E-state index contributed by atoms with van der Waals surface area (Å²) in [6.45, 7) is -0.514. The monoisotopic (exact) mass is 407 g/mol. The van der Waals surface area contributed by atoms with Gasteiger partial charge in [0.15, 0.2) is 0 Å². The molecule has 0 spiro atoms. The summed E-state index contributed by atoms with van der Waals surface area (Å²) in [4.78, 5) is 2.98. The molecule has 0 bridgehead atoms. The Balaban J connectivity index is 1.88. The van der Waals surface area contributed by atoms with Crippen LogP contribution in [-0.4, -0.2) is 62.7 Å². The van der Waals surface area contributed by atoms with Crippen LogP contribution < -0.4 is 4.74 Å². The number of rotatable bonds is 3. The van der Waals surface area contributed by atoms with Crippen LogP contribution in [0.5, 0.6) is 5.75 Å². The Morgan fingerprint density at radius 3 is 2.65 bits per heavy atom. The van der Waals surface area contributed by atoms with Crippen molar-refractivity contribution in [1.29, 1.82) is 0 Å². The molecule has 2 heterocycles. The lowest BCUT2D eigenvalue weighted by Crippen LogP contribution is -2.60. The average molecular weight is 409 g/mol. The molecule has 3 rings (SSSR count). The first-order chi connectivity index (χ1) is 10.9. The minimum atomic E-state index is -1.49. The van der Waals surface area contributed by atoms with Crippen molar-refractivity contribution in [3.8, 4) is 5.75 Å². The zero-order valence-corrected chi connectivity index (χ0v) is 14.0. The van der Waals surface area contributed by atoms with Gasteiger partial charge < -0.3 is 34.9 Å². The van der Waals surface area contributed by atoms with E-state index in [9.17, 15) is 20.4 Å². The normalized spacial score (nSPS) is 31.5. The maximum atomic E-state index is 10.0. The predicted molar refractivity (Wildman–Crippen MR) is 85.4 cm³/mol. The van der Waals surface area contributed by atoms with Gasteiger partial charge in [-0.1, -0.05) is 11.6 Å². The van der Waals surface area contributed by atoms with E-state index in [1.807, 2.05) is 0 Å². The minimum absolute atomic E-state index is 0.377. The topological polar surface area (TPSA) is 115 Å². The molecule has 5 atom stereocenters. The van der Waals surface area contributed by atoms with Crippen LogP contribution in [-0.2, 0) is 4.74 Å². The number of aromatic amines is 1. The Morgan fingerprint density at radius 2 is 1.96 bits per heavy atom. The molecule has 1 fully saturated rings. The highest BCUT2D eigenvalue weighted by atomic mass is 79.9. The molecule has 2 aromatic rings. The van der Waals surface area contributed by atoms with Crippen LogP contribution in [0, 0.1) is 0 Å². The number of fused-ring (bicyclic) bond motifs is 1. The number of aliphatic hydroxyl groups excluding tert-OH is 4. The third kappa shape index (κ3) is 3.08. The fourth-order valence-electron chi connectivity index (χ4n) is 2.48. The summed E-state index contributed by atoms with van der Waals surface area (Å²) >= 11 is 9.35. The molecular weight excluding hydrogens is 394 g/mol. The Kier molecular flexibility index (Phi) is 4.84. The van der Waals surface area contributed by atoms with E-state index in [1.54, 1.807) is 18.3 Å². The number of nitrogens with one attached hydrogen (secondary N) is 1. The number of ether oxygens (including phenoxy) is 2. The highest BCUT2D eigenvalue weighted by Crippen LogP contribution is 2.34. The molecule has 23 heavy (non-hydrogen) atoms. The summed E-state index contributed by atoms with van der Waals surface area (Å²) in [6.07, 6.45) is -5.07. The molecule has 0 radical (unpaired) electrons. The predicted octanol–water partition coefficient (Wildman–Crippen LogP) is 0.762. The molecule has 1 aromatic carbocycles. The Hall–Kier alpha value is -0.870. The van der Waals surface area contributed by atoms with Gasteiger partial charge in [0.25, 0.3) is 0 Å². The first-order valence-corrected chi connectivity index (χ1v) is 8.02. The van der Waals surface area contributed by atoms with Crippen LogP contribution in [0.3, 0.4) is 0 Å². The fraction of sp³-hybridized carbons (Fsp3) is 0.429. The maximum Gasteiger partial charge on any atom is 0.229 e. The number of hydrogen-bond donors (Lipinski definition) is 5. The van der Waals surface area contributed by atoms with Crippen LogP contribution in [0.1, 0.15) is 0 Å². The molecule has 0 saturated carbocycles. The van der Waals surface area contributed by atoms with Crippen molar-refractivity contribution in [2.24, 2.45) is 0 Å². The summed E-state index contributed by atoms with van der Waals surface area (Å²) in [5.41, 5.74) is 0.720. The molecule has 1 saturated heterocycles. The second-order valence-electron chi connectivity index (χ2n) is 5.28. The highest BCUT2D eigenvalue weighted by Gasteiger charge is 2.44. The van der Waals surface area contributed by atoms with Gasteiger partial charge in [-0.15, -0.1) is 0 Å². The lowest BCUT2D eigenvalue weighted by Gasteiger charge is -2.39. The van der Waals surface area contributed by atoms with Gasteiger partial charge in [-0.3, -0.25) is 0 Å². The maximum absolute atomic E-state index is 10.0. The highest BCUT2D eigenvalue weighted by molar-refractivity contribution is 9.10. The molecule has 1 aliphatic heterocycles. The third-order valence-corrected chi connectivity index (χ3v) is 4.97. The number of halogens is 2. The van der Waals surface area contributed by atoms with Crippen molar-refractivity contribution in [3.05, 3.63) is 27.8 Å². The largest absolute Gasteiger partial charge is 0.460 e. The number of benzene rings is 1. The van der Waals surface area contributed by atoms with Crippen molar-refractivity contribution < 1.29 is 29.9 Å². The first-order valence-electron chi connectivity index (χ1n) is 6.85. The average Bonchev–Trinajstić information content (AvgIpc) is 2.90. The molecular formula is C14H15BrClNO6. The van der Waals surface area contributed by atoms with Crippen molar-refractivity contribution in [2.75, 3.05) is 6.61 Å². The van der Waals surface area contributed by atoms with Gasteiger partial charge in [0.2, 0.25) is 6.29 Å². The van der Waals surface area contributed by atoms with Gasteiger partial charge in [0.1, 0.15) is 30.2 Å². The molecule has 1 aliphatic rings. The molecule has 0 amide bonds. The van der Waals surface area contributed by atoms with Gasteiger partial charge in [-0.2, -0.15) is 0 Å². The lowest BCUT2D eigenvalue weighted by molar-refractivity contribution is -0.277. The van der Waals surface area contributed by atoms with E-state index in [4.69, 9.17) is 21.1 Å². The number of aromatic nitrogens is 1. The van der Waals surface area contributed by atoms with Crippen molar-refractivity contribution in [3.63, 3.8) is 0 Å². The van der Waals surface area contributed by atoms with Gasteiger partial charge in [-0.05, 0) is 28.1 Å². The fourth-order valence-corrected chi connectivity index (χ4v) is 2.99. The summed E-state index contributed by atoms with van der Waals surface area (Å²) in [5, 5.41) is 40.0. The molecule has 0 aliphatic carbocycles. The molecule has 1 aromatic heterocycles. The van der Waals surface area contributed by atoms with E-state index in [0.717, 1.165) is 5.52 Å². The lowest BCUT2D eigenvalue weighted by atomic mass is 9.99. The van der Waals surface area contributed by atoms with E-state index in [0.29, 0.717) is 20.6 Å². The summed E-state index contributed by atoms with van der Waals surface area (Å²) in [6, 6.07) is 3.45. The van der Waals surface area contributed by atoms with E-state index in [2.05, 4.69) is 20.9 Å². The molecule has 5 N–H and O–H groups in total. The SMILES string of the molecule is OC[C@@H]1O[C@H](Oc2c[nH]c3cc(Cl)c(Br)cc23)[C@H](O)[C@H](O)[C@H]1O. The Labute approximate surface area is 144 Å². The van der Waals surface area contributed by atoms with Crippen LogP contribution >= 0.6 is 27.5 Å². The van der Waals surface area contributed by atoms with Crippen LogP contribution in [0.4, 0.5) is 0 Å². The summed E-state index contributed by atoms with van der Waals surface area (Å²) < 4.78 is 11.6. The van der Waals surface area contributed by atoms with E-state index in [-0.39, 0.29) is 0 Å². The van der Waals surface area contributed by atoms with Gasteiger partial charge in [0.05, 0.1) is 17.1 Å². The van der Waals surface area contributed by atoms with E-state index >= 15 is 0 Å². The number of aliphatic hydroxyl groups is 4. The van der Waals surface area contributed by atoms with Crippen LogP contribution in [0.2, 0.25) is 5.02 Å².